The SMILES string of the molecule is C[C@H](Nc1cncc(-n2ccnc2)n1)c1ccccc1. The number of anilines is 1. The summed E-state index contributed by atoms with van der Waals surface area (Å²) in [5.74, 6) is 1.49. The molecule has 1 aromatic carbocycles. The van der Waals surface area contributed by atoms with Crippen LogP contribution in [-0.2, 0) is 0 Å². The summed E-state index contributed by atoms with van der Waals surface area (Å²) in [6.45, 7) is 2.10. The summed E-state index contributed by atoms with van der Waals surface area (Å²) in [4.78, 5) is 12.8. The molecule has 20 heavy (non-hydrogen) atoms. The average molecular weight is 265 g/mol. The standard InChI is InChI=1S/C15H15N5/c1-12(13-5-3-2-4-6-13)18-14-9-17-10-15(19-14)20-8-7-16-11-20/h2-12H,1H3,(H,18,19)/t12-/m0/s1. The maximum absolute atomic E-state index is 4.53. The highest BCUT2D eigenvalue weighted by atomic mass is 15.1. The Hall–Kier alpha value is -2.69. The van der Waals surface area contributed by atoms with E-state index in [2.05, 4.69) is 39.3 Å². The maximum Gasteiger partial charge on any atom is 0.158 e. The van der Waals surface area contributed by atoms with E-state index in [9.17, 15) is 0 Å². The van der Waals surface area contributed by atoms with Crippen molar-refractivity contribution in [3.8, 4) is 5.82 Å². The van der Waals surface area contributed by atoms with E-state index in [4.69, 9.17) is 0 Å². The van der Waals surface area contributed by atoms with Crippen LogP contribution in [0.2, 0.25) is 0 Å². The molecule has 0 spiro atoms. The Morgan fingerprint density at radius 2 is 1.95 bits per heavy atom. The van der Waals surface area contributed by atoms with Crippen LogP contribution in [0, 0.1) is 0 Å². The number of rotatable bonds is 4. The maximum atomic E-state index is 4.53. The van der Waals surface area contributed by atoms with Gasteiger partial charge in [0, 0.05) is 18.4 Å². The topological polar surface area (TPSA) is 55.6 Å². The van der Waals surface area contributed by atoms with E-state index in [1.165, 1.54) is 5.56 Å². The predicted molar refractivity (Wildman–Crippen MR) is 77.6 cm³/mol. The van der Waals surface area contributed by atoms with Crippen molar-refractivity contribution in [3.05, 3.63) is 67.0 Å². The van der Waals surface area contributed by atoms with Gasteiger partial charge in [-0.3, -0.25) is 9.55 Å². The third-order valence-electron chi connectivity index (χ3n) is 3.05. The quantitative estimate of drug-likeness (QED) is 0.788. The Labute approximate surface area is 117 Å². The Bertz CT molecular complexity index is 664. The van der Waals surface area contributed by atoms with Crippen LogP contribution in [0.4, 0.5) is 5.82 Å². The average Bonchev–Trinajstić information content (AvgIpc) is 3.03. The molecule has 0 amide bonds. The van der Waals surface area contributed by atoms with Crippen LogP contribution in [0.15, 0.2) is 61.4 Å². The van der Waals surface area contributed by atoms with Gasteiger partial charge in [0.2, 0.25) is 0 Å². The van der Waals surface area contributed by atoms with Crippen LogP contribution in [0.25, 0.3) is 5.82 Å². The van der Waals surface area contributed by atoms with Crippen molar-refractivity contribution >= 4 is 5.82 Å². The van der Waals surface area contributed by atoms with Crippen LogP contribution in [0.3, 0.4) is 0 Å². The fraction of sp³-hybridized carbons (Fsp3) is 0.133. The Balaban J connectivity index is 1.80. The van der Waals surface area contributed by atoms with Crippen molar-refractivity contribution < 1.29 is 0 Å². The Morgan fingerprint density at radius 3 is 2.70 bits per heavy atom. The zero-order valence-corrected chi connectivity index (χ0v) is 11.1. The lowest BCUT2D eigenvalue weighted by molar-refractivity contribution is 0.863. The Kier molecular flexibility index (Phi) is 3.41. The number of benzene rings is 1. The molecule has 100 valence electrons. The molecule has 0 aliphatic rings. The summed E-state index contributed by atoms with van der Waals surface area (Å²) in [6, 6.07) is 10.4. The molecular formula is C15H15N5. The van der Waals surface area contributed by atoms with Gasteiger partial charge in [0.1, 0.15) is 12.1 Å². The molecular weight excluding hydrogens is 250 g/mol. The molecule has 0 saturated heterocycles. The van der Waals surface area contributed by atoms with E-state index in [-0.39, 0.29) is 6.04 Å². The van der Waals surface area contributed by atoms with Gasteiger partial charge in [-0.15, -0.1) is 0 Å². The minimum Gasteiger partial charge on any atom is -0.362 e. The number of hydrogen-bond donors (Lipinski definition) is 1. The summed E-state index contributed by atoms with van der Waals surface area (Å²) in [5.41, 5.74) is 1.21. The molecule has 0 radical (unpaired) electrons. The highest BCUT2D eigenvalue weighted by molar-refractivity contribution is 5.39. The fourth-order valence-corrected chi connectivity index (χ4v) is 1.99. The second-order valence-corrected chi connectivity index (χ2v) is 4.51. The van der Waals surface area contributed by atoms with Gasteiger partial charge in [-0.1, -0.05) is 30.3 Å². The van der Waals surface area contributed by atoms with Crippen LogP contribution < -0.4 is 5.32 Å². The fourth-order valence-electron chi connectivity index (χ4n) is 1.99. The molecule has 0 aliphatic heterocycles. The van der Waals surface area contributed by atoms with Crippen molar-refractivity contribution in [2.45, 2.75) is 13.0 Å². The van der Waals surface area contributed by atoms with E-state index in [1.807, 2.05) is 29.0 Å². The van der Waals surface area contributed by atoms with Crippen molar-refractivity contribution in [1.82, 2.24) is 19.5 Å². The zero-order chi connectivity index (χ0) is 13.8. The van der Waals surface area contributed by atoms with Crippen molar-refractivity contribution in [1.29, 1.82) is 0 Å². The predicted octanol–water partition coefficient (Wildman–Crippen LogP) is 2.84. The molecule has 0 bridgehead atoms. The zero-order valence-electron chi connectivity index (χ0n) is 11.1. The van der Waals surface area contributed by atoms with Gasteiger partial charge in [0.15, 0.2) is 5.82 Å². The molecule has 0 aliphatic carbocycles. The largest absolute Gasteiger partial charge is 0.362 e. The third kappa shape index (κ3) is 2.66. The number of hydrogen-bond acceptors (Lipinski definition) is 4. The van der Waals surface area contributed by atoms with Gasteiger partial charge in [-0.25, -0.2) is 9.97 Å². The first-order chi connectivity index (χ1) is 9.83. The normalized spacial score (nSPS) is 12.1. The van der Waals surface area contributed by atoms with Crippen LogP contribution in [0.5, 0.6) is 0 Å². The molecule has 0 fully saturated rings. The number of imidazole rings is 1. The van der Waals surface area contributed by atoms with Gasteiger partial charge >= 0.3 is 0 Å². The first-order valence-corrected chi connectivity index (χ1v) is 6.45. The van der Waals surface area contributed by atoms with Crippen molar-refractivity contribution in [2.75, 3.05) is 5.32 Å². The molecule has 5 heteroatoms. The van der Waals surface area contributed by atoms with Gasteiger partial charge in [0.25, 0.3) is 0 Å². The second-order valence-electron chi connectivity index (χ2n) is 4.51. The summed E-state index contributed by atoms with van der Waals surface area (Å²) >= 11 is 0. The molecule has 2 aromatic heterocycles. The van der Waals surface area contributed by atoms with Crippen LogP contribution in [-0.4, -0.2) is 19.5 Å². The summed E-state index contributed by atoms with van der Waals surface area (Å²) in [6.07, 6.45) is 8.69. The lowest BCUT2D eigenvalue weighted by Crippen LogP contribution is -2.09. The number of aromatic nitrogens is 4. The van der Waals surface area contributed by atoms with E-state index < -0.39 is 0 Å². The Morgan fingerprint density at radius 1 is 1.10 bits per heavy atom. The highest BCUT2D eigenvalue weighted by Gasteiger charge is 2.06. The lowest BCUT2D eigenvalue weighted by Gasteiger charge is -2.15. The molecule has 1 atom stereocenters. The van der Waals surface area contributed by atoms with Crippen molar-refractivity contribution in [2.24, 2.45) is 0 Å². The molecule has 1 N–H and O–H groups in total. The summed E-state index contributed by atoms with van der Waals surface area (Å²) in [7, 11) is 0. The second kappa shape index (κ2) is 5.52. The number of nitrogens with zero attached hydrogens (tertiary/aromatic N) is 4. The molecule has 0 saturated carbocycles. The minimum atomic E-state index is 0.170. The van der Waals surface area contributed by atoms with E-state index >= 15 is 0 Å². The van der Waals surface area contributed by atoms with Gasteiger partial charge < -0.3 is 5.32 Å². The molecule has 3 rings (SSSR count). The molecule has 3 aromatic rings. The summed E-state index contributed by atoms with van der Waals surface area (Å²) in [5, 5.41) is 3.35. The minimum absolute atomic E-state index is 0.170. The highest BCUT2D eigenvalue weighted by Crippen LogP contribution is 2.17. The number of nitrogens with one attached hydrogen (secondary N) is 1. The third-order valence-corrected chi connectivity index (χ3v) is 3.05. The first-order valence-electron chi connectivity index (χ1n) is 6.45. The van der Waals surface area contributed by atoms with E-state index in [1.54, 1.807) is 24.9 Å². The lowest BCUT2D eigenvalue weighted by atomic mass is 10.1. The molecule has 0 unspecified atom stereocenters. The van der Waals surface area contributed by atoms with E-state index in [0.29, 0.717) is 0 Å². The monoisotopic (exact) mass is 265 g/mol. The van der Waals surface area contributed by atoms with Gasteiger partial charge in [-0.05, 0) is 12.5 Å². The summed E-state index contributed by atoms with van der Waals surface area (Å²) < 4.78 is 1.82. The van der Waals surface area contributed by atoms with Gasteiger partial charge in [-0.2, -0.15) is 0 Å². The van der Waals surface area contributed by atoms with Crippen LogP contribution >= 0.6 is 0 Å². The molecule has 5 nitrogen and oxygen atoms in total. The first kappa shape index (κ1) is 12.3. The van der Waals surface area contributed by atoms with Crippen molar-refractivity contribution in [3.63, 3.8) is 0 Å². The van der Waals surface area contributed by atoms with Crippen LogP contribution in [0.1, 0.15) is 18.5 Å². The smallest absolute Gasteiger partial charge is 0.158 e. The van der Waals surface area contributed by atoms with Gasteiger partial charge in [0.05, 0.1) is 12.4 Å². The van der Waals surface area contributed by atoms with E-state index in [0.717, 1.165) is 11.6 Å². The molecule has 2 heterocycles.